The fraction of sp³-hybridized carbons (Fsp3) is 0.467. The Balaban J connectivity index is 2.72. The van der Waals surface area contributed by atoms with Gasteiger partial charge in [-0.3, -0.25) is 9.59 Å². The van der Waals surface area contributed by atoms with E-state index >= 15 is 0 Å². The Bertz CT molecular complexity index is 492. The molecule has 21 heavy (non-hydrogen) atoms. The molecule has 1 unspecified atom stereocenters. The summed E-state index contributed by atoms with van der Waals surface area (Å²) >= 11 is 5.99. The van der Waals surface area contributed by atoms with Crippen molar-refractivity contribution in [3.63, 3.8) is 0 Å². The monoisotopic (exact) mass is 311 g/mol. The van der Waals surface area contributed by atoms with Gasteiger partial charge in [0.1, 0.15) is 6.04 Å². The molecule has 5 nitrogen and oxygen atoms in total. The van der Waals surface area contributed by atoms with E-state index in [4.69, 9.17) is 17.3 Å². The van der Waals surface area contributed by atoms with Gasteiger partial charge >= 0.3 is 0 Å². The van der Waals surface area contributed by atoms with Crippen molar-refractivity contribution in [2.75, 3.05) is 13.1 Å². The second kappa shape index (κ2) is 8.64. The van der Waals surface area contributed by atoms with Gasteiger partial charge < -0.3 is 16.4 Å². The van der Waals surface area contributed by atoms with E-state index in [9.17, 15) is 9.59 Å². The van der Waals surface area contributed by atoms with E-state index in [2.05, 4.69) is 10.6 Å². The number of amides is 2. The fourth-order valence-electron chi connectivity index (χ4n) is 1.82. The summed E-state index contributed by atoms with van der Waals surface area (Å²) in [6.45, 7) is 4.76. The highest BCUT2D eigenvalue weighted by Gasteiger charge is 2.24. The van der Waals surface area contributed by atoms with Gasteiger partial charge in [0.25, 0.3) is 5.91 Å². The molecule has 0 fully saturated rings. The second-order valence-electron chi connectivity index (χ2n) is 5.11. The SMILES string of the molecule is CC(C)C(NC(=O)c1ccccc1Cl)C(=O)NCCCN. The van der Waals surface area contributed by atoms with Crippen LogP contribution >= 0.6 is 11.6 Å². The van der Waals surface area contributed by atoms with Crippen LogP contribution in [0.5, 0.6) is 0 Å². The molecule has 0 aliphatic carbocycles. The molecular weight excluding hydrogens is 290 g/mol. The van der Waals surface area contributed by atoms with Gasteiger partial charge in [0.2, 0.25) is 5.91 Å². The van der Waals surface area contributed by atoms with Crippen LogP contribution in [0.1, 0.15) is 30.6 Å². The molecule has 6 heteroatoms. The Morgan fingerprint density at radius 2 is 1.95 bits per heavy atom. The Morgan fingerprint density at radius 3 is 2.52 bits per heavy atom. The molecule has 0 saturated carbocycles. The molecule has 0 heterocycles. The molecule has 4 N–H and O–H groups in total. The average molecular weight is 312 g/mol. The molecule has 1 atom stereocenters. The van der Waals surface area contributed by atoms with Crippen LogP contribution in [-0.2, 0) is 4.79 Å². The Labute approximate surface area is 130 Å². The van der Waals surface area contributed by atoms with E-state index < -0.39 is 6.04 Å². The number of carbonyl (C=O) groups excluding carboxylic acids is 2. The zero-order valence-electron chi connectivity index (χ0n) is 12.4. The van der Waals surface area contributed by atoms with Gasteiger partial charge in [-0.2, -0.15) is 0 Å². The largest absolute Gasteiger partial charge is 0.354 e. The number of benzene rings is 1. The number of hydrogen-bond donors (Lipinski definition) is 3. The van der Waals surface area contributed by atoms with Crippen LogP contribution in [0.2, 0.25) is 5.02 Å². The van der Waals surface area contributed by atoms with E-state index in [1.807, 2.05) is 13.8 Å². The third-order valence-corrected chi connectivity index (χ3v) is 3.36. The summed E-state index contributed by atoms with van der Waals surface area (Å²) in [6, 6.07) is 6.14. The number of hydrogen-bond acceptors (Lipinski definition) is 3. The molecule has 1 aromatic carbocycles. The lowest BCUT2D eigenvalue weighted by Gasteiger charge is -2.22. The third-order valence-electron chi connectivity index (χ3n) is 3.03. The Kier molecular flexibility index (Phi) is 7.19. The van der Waals surface area contributed by atoms with Crippen molar-refractivity contribution in [3.8, 4) is 0 Å². The van der Waals surface area contributed by atoms with Crippen LogP contribution in [0.4, 0.5) is 0 Å². The fourth-order valence-corrected chi connectivity index (χ4v) is 2.04. The molecule has 0 aliphatic heterocycles. The standard InChI is InChI=1S/C15H22ClN3O2/c1-10(2)13(15(21)18-9-5-8-17)19-14(20)11-6-3-4-7-12(11)16/h3-4,6-7,10,13H,5,8-9,17H2,1-2H3,(H,18,21)(H,19,20). The van der Waals surface area contributed by atoms with Crippen molar-refractivity contribution < 1.29 is 9.59 Å². The minimum absolute atomic E-state index is 0.0330. The predicted molar refractivity (Wildman–Crippen MR) is 84.2 cm³/mol. The van der Waals surface area contributed by atoms with Gasteiger partial charge in [-0.15, -0.1) is 0 Å². The summed E-state index contributed by atoms with van der Waals surface area (Å²) in [6.07, 6.45) is 0.703. The molecule has 0 bridgehead atoms. The summed E-state index contributed by atoms with van der Waals surface area (Å²) in [4.78, 5) is 24.3. The highest BCUT2D eigenvalue weighted by molar-refractivity contribution is 6.33. The number of nitrogens with one attached hydrogen (secondary N) is 2. The highest BCUT2D eigenvalue weighted by Crippen LogP contribution is 2.15. The first-order valence-corrected chi connectivity index (χ1v) is 7.38. The Morgan fingerprint density at radius 1 is 1.29 bits per heavy atom. The van der Waals surface area contributed by atoms with Crippen LogP contribution in [0.25, 0.3) is 0 Å². The van der Waals surface area contributed by atoms with Crippen molar-refractivity contribution in [2.24, 2.45) is 11.7 Å². The van der Waals surface area contributed by atoms with E-state index in [0.717, 1.165) is 0 Å². The van der Waals surface area contributed by atoms with Crippen molar-refractivity contribution >= 4 is 23.4 Å². The average Bonchev–Trinajstić information content (AvgIpc) is 2.44. The first-order valence-electron chi connectivity index (χ1n) is 7.00. The molecule has 1 aromatic rings. The molecule has 0 saturated heterocycles. The van der Waals surface area contributed by atoms with Crippen LogP contribution < -0.4 is 16.4 Å². The van der Waals surface area contributed by atoms with Gasteiger partial charge in [-0.05, 0) is 31.0 Å². The summed E-state index contributed by atoms with van der Waals surface area (Å²) in [5, 5.41) is 5.87. The smallest absolute Gasteiger partial charge is 0.253 e. The third kappa shape index (κ3) is 5.36. The first-order chi connectivity index (χ1) is 9.97. The topological polar surface area (TPSA) is 84.2 Å². The van der Waals surface area contributed by atoms with Crippen LogP contribution in [-0.4, -0.2) is 30.9 Å². The van der Waals surface area contributed by atoms with Crippen LogP contribution in [0.15, 0.2) is 24.3 Å². The zero-order valence-corrected chi connectivity index (χ0v) is 13.1. The quantitative estimate of drug-likeness (QED) is 0.668. The number of nitrogens with two attached hydrogens (primary N) is 1. The predicted octanol–water partition coefficient (Wildman–Crippen LogP) is 1.56. The van der Waals surface area contributed by atoms with Gasteiger partial charge in [0.15, 0.2) is 0 Å². The second-order valence-corrected chi connectivity index (χ2v) is 5.52. The normalized spacial score (nSPS) is 12.0. The Hall–Kier alpha value is -1.59. The maximum absolute atomic E-state index is 12.2. The van der Waals surface area contributed by atoms with E-state index in [0.29, 0.717) is 30.1 Å². The molecule has 2 amide bonds. The molecule has 0 aromatic heterocycles. The zero-order chi connectivity index (χ0) is 15.8. The van der Waals surface area contributed by atoms with E-state index in [1.165, 1.54) is 0 Å². The van der Waals surface area contributed by atoms with Gasteiger partial charge in [0.05, 0.1) is 10.6 Å². The van der Waals surface area contributed by atoms with Crippen LogP contribution in [0.3, 0.4) is 0 Å². The number of rotatable bonds is 7. The van der Waals surface area contributed by atoms with Crippen molar-refractivity contribution in [3.05, 3.63) is 34.9 Å². The molecule has 0 aliphatic rings. The summed E-state index contributed by atoms with van der Waals surface area (Å²) in [7, 11) is 0. The van der Waals surface area contributed by atoms with E-state index in [1.54, 1.807) is 24.3 Å². The highest BCUT2D eigenvalue weighted by atomic mass is 35.5. The molecule has 1 rings (SSSR count). The molecular formula is C15H22ClN3O2. The lowest BCUT2D eigenvalue weighted by atomic mass is 10.0. The lowest BCUT2D eigenvalue weighted by molar-refractivity contribution is -0.123. The first kappa shape index (κ1) is 17.5. The number of halogens is 1. The van der Waals surface area contributed by atoms with E-state index in [-0.39, 0.29) is 17.7 Å². The molecule has 0 spiro atoms. The maximum Gasteiger partial charge on any atom is 0.253 e. The van der Waals surface area contributed by atoms with Gasteiger partial charge in [-0.25, -0.2) is 0 Å². The summed E-state index contributed by atoms with van der Waals surface area (Å²) in [5.41, 5.74) is 5.75. The van der Waals surface area contributed by atoms with Crippen molar-refractivity contribution in [1.82, 2.24) is 10.6 Å². The van der Waals surface area contributed by atoms with Gasteiger partial charge in [0, 0.05) is 6.54 Å². The number of carbonyl (C=O) groups is 2. The maximum atomic E-state index is 12.2. The van der Waals surface area contributed by atoms with Crippen LogP contribution in [0, 0.1) is 5.92 Å². The van der Waals surface area contributed by atoms with Crippen molar-refractivity contribution in [1.29, 1.82) is 0 Å². The minimum Gasteiger partial charge on any atom is -0.354 e. The minimum atomic E-state index is -0.605. The molecule has 0 radical (unpaired) electrons. The van der Waals surface area contributed by atoms with Gasteiger partial charge in [-0.1, -0.05) is 37.6 Å². The summed E-state index contributed by atoms with van der Waals surface area (Å²) in [5.74, 6) is -0.596. The van der Waals surface area contributed by atoms with Crippen molar-refractivity contribution in [2.45, 2.75) is 26.3 Å². The summed E-state index contributed by atoms with van der Waals surface area (Å²) < 4.78 is 0. The molecule has 116 valence electrons. The lowest BCUT2D eigenvalue weighted by Crippen LogP contribution is -2.50.